The Hall–Kier alpha value is -3.30. The predicted octanol–water partition coefficient (Wildman–Crippen LogP) is 3.07. The number of nitrogens with one attached hydrogen (secondary N) is 1. The number of halogens is 4. The Kier molecular flexibility index (Phi) is 4.17. The van der Waals surface area contributed by atoms with Gasteiger partial charge in [-0.2, -0.15) is 17.9 Å². The van der Waals surface area contributed by atoms with E-state index in [0.29, 0.717) is 0 Å². The molecule has 3 aromatic rings. The van der Waals surface area contributed by atoms with Crippen LogP contribution in [0.2, 0.25) is 0 Å². The summed E-state index contributed by atoms with van der Waals surface area (Å²) >= 11 is 0. The highest BCUT2D eigenvalue weighted by Crippen LogP contribution is 2.34. The van der Waals surface area contributed by atoms with E-state index >= 15 is 0 Å². The Bertz CT molecular complexity index is 909. The summed E-state index contributed by atoms with van der Waals surface area (Å²) in [4.78, 5) is 12.4. The summed E-state index contributed by atoms with van der Waals surface area (Å²) in [7, 11) is 0. The molecular weight excluding hydrogens is 342 g/mol. The fraction of sp³-hybridized carbons (Fsp3) is 0.0667. The number of anilines is 1. The third-order valence-corrected chi connectivity index (χ3v) is 3.28. The molecular formula is C15H9F4N5O. The zero-order valence-electron chi connectivity index (χ0n) is 12.3. The molecule has 0 spiro atoms. The van der Waals surface area contributed by atoms with Crippen LogP contribution in [-0.2, 0) is 6.18 Å². The van der Waals surface area contributed by atoms with Crippen molar-refractivity contribution in [1.29, 1.82) is 0 Å². The smallest absolute Gasteiger partial charge is 0.321 e. The molecule has 10 heteroatoms. The number of alkyl halides is 3. The maximum atomic E-state index is 13.5. The second-order valence-corrected chi connectivity index (χ2v) is 4.91. The number of benzene rings is 2. The number of amides is 1. The van der Waals surface area contributed by atoms with Crippen molar-refractivity contribution in [2.24, 2.45) is 0 Å². The zero-order valence-corrected chi connectivity index (χ0v) is 12.3. The molecule has 128 valence electrons. The molecule has 1 heterocycles. The van der Waals surface area contributed by atoms with E-state index < -0.39 is 29.2 Å². The van der Waals surface area contributed by atoms with E-state index in [1.807, 2.05) is 0 Å². The predicted molar refractivity (Wildman–Crippen MR) is 78.5 cm³/mol. The van der Waals surface area contributed by atoms with Crippen LogP contribution in [0.4, 0.5) is 23.2 Å². The van der Waals surface area contributed by atoms with Crippen molar-refractivity contribution in [1.82, 2.24) is 20.2 Å². The lowest BCUT2D eigenvalue weighted by Gasteiger charge is -2.14. The normalized spacial score (nSPS) is 11.4. The van der Waals surface area contributed by atoms with Crippen LogP contribution in [-0.4, -0.2) is 26.1 Å². The molecule has 0 unspecified atom stereocenters. The molecule has 1 aromatic heterocycles. The van der Waals surface area contributed by atoms with Crippen molar-refractivity contribution in [3.63, 3.8) is 0 Å². The van der Waals surface area contributed by atoms with Gasteiger partial charge in [0.1, 0.15) is 12.1 Å². The number of aromatic nitrogens is 4. The lowest BCUT2D eigenvalue weighted by atomic mass is 10.1. The largest absolute Gasteiger partial charge is 0.418 e. The Morgan fingerprint density at radius 3 is 2.56 bits per heavy atom. The first-order valence-electron chi connectivity index (χ1n) is 6.87. The Balaban J connectivity index is 2.00. The molecule has 0 atom stereocenters. The minimum Gasteiger partial charge on any atom is -0.321 e. The van der Waals surface area contributed by atoms with E-state index in [0.717, 1.165) is 28.9 Å². The van der Waals surface area contributed by atoms with Crippen molar-refractivity contribution in [3.8, 4) is 5.69 Å². The molecule has 3 rings (SSSR count). The van der Waals surface area contributed by atoms with Crippen LogP contribution >= 0.6 is 0 Å². The van der Waals surface area contributed by atoms with Gasteiger partial charge in [0.15, 0.2) is 0 Å². The average Bonchev–Trinajstić information content (AvgIpc) is 3.08. The van der Waals surface area contributed by atoms with Gasteiger partial charge < -0.3 is 5.32 Å². The van der Waals surface area contributed by atoms with Gasteiger partial charge in [-0.1, -0.05) is 12.1 Å². The quantitative estimate of drug-likeness (QED) is 0.736. The highest BCUT2D eigenvalue weighted by molar-refractivity contribution is 6.07. The number of rotatable bonds is 3. The summed E-state index contributed by atoms with van der Waals surface area (Å²) in [5.74, 6) is -1.66. The van der Waals surface area contributed by atoms with Crippen molar-refractivity contribution < 1.29 is 22.4 Å². The topological polar surface area (TPSA) is 72.7 Å². The summed E-state index contributed by atoms with van der Waals surface area (Å²) in [6.07, 6.45) is -3.47. The highest BCUT2D eigenvalue weighted by Gasteiger charge is 2.33. The molecule has 0 aliphatic carbocycles. The number of tetrazole rings is 1. The van der Waals surface area contributed by atoms with Crippen LogP contribution in [0.1, 0.15) is 15.9 Å². The number of hydrogen-bond donors (Lipinski definition) is 1. The lowest BCUT2D eigenvalue weighted by molar-refractivity contribution is -0.136. The van der Waals surface area contributed by atoms with Crippen LogP contribution in [0, 0.1) is 5.82 Å². The minimum absolute atomic E-state index is 0.119. The van der Waals surface area contributed by atoms with Crippen molar-refractivity contribution in [3.05, 3.63) is 65.7 Å². The number of carbonyl (C=O) groups excluding carboxylic acids is 1. The second kappa shape index (κ2) is 6.30. The Morgan fingerprint density at radius 2 is 1.88 bits per heavy atom. The molecule has 0 aliphatic rings. The summed E-state index contributed by atoms with van der Waals surface area (Å²) < 4.78 is 53.7. The summed E-state index contributed by atoms with van der Waals surface area (Å²) in [6.45, 7) is 0. The molecule has 0 radical (unpaired) electrons. The van der Waals surface area contributed by atoms with Gasteiger partial charge in [-0.25, -0.2) is 4.39 Å². The summed E-state index contributed by atoms with van der Waals surface area (Å²) in [6, 6.07) is 7.71. The third-order valence-electron chi connectivity index (χ3n) is 3.28. The maximum Gasteiger partial charge on any atom is 0.418 e. The van der Waals surface area contributed by atoms with Gasteiger partial charge in [0.05, 0.1) is 22.5 Å². The molecule has 0 saturated heterocycles. The van der Waals surface area contributed by atoms with Gasteiger partial charge in [0, 0.05) is 0 Å². The van der Waals surface area contributed by atoms with Crippen LogP contribution in [0.25, 0.3) is 5.69 Å². The minimum atomic E-state index is -4.65. The van der Waals surface area contributed by atoms with Gasteiger partial charge in [-0.15, -0.1) is 5.10 Å². The van der Waals surface area contributed by atoms with E-state index in [1.54, 1.807) is 0 Å². The van der Waals surface area contributed by atoms with Crippen molar-refractivity contribution >= 4 is 11.6 Å². The van der Waals surface area contributed by atoms with E-state index in [1.165, 1.54) is 24.5 Å². The molecule has 0 bridgehead atoms. The van der Waals surface area contributed by atoms with Gasteiger partial charge in [-0.05, 0) is 40.8 Å². The first-order valence-corrected chi connectivity index (χ1v) is 6.87. The first-order chi connectivity index (χ1) is 11.9. The SMILES string of the molecule is O=C(Nc1ccccc1C(F)(F)F)c1cc(F)ccc1-n1cnnn1. The Labute approximate surface area is 138 Å². The zero-order chi connectivity index (χ0) is 18.0. The third kappa shape index (κ3) is 3.47. The second-order valence-electron chi connectivity index (χ2n) is 4.91. The van der Waals surface area contributed by atoms with Crippen molar-refractivity contribution in [2.75, 3.05) is 5.32 Å². The molecule has 1 N–H and O–H groups in total. The van der Waals surface area contributed by atoms with Crippen LogP contribution < -0.4 is 5.32 Å². The molecule has 0 saturated carbocycles. The highest BCUT2D eigenvalue weighted by atomic mass is 19.4. The lowest BCUT2D eigenvalue weighted by Crippen LogP contribution is -2.18. The van der Waals surface area contributed by atoms with Gasteiger partial charge in [-0.3, -0.25) is 4.79 Å². The van der Waals surface area contributed by atoms with Crippen LogP contribution in [0.5, 0.6) is 0 Å². The monoisotopic (exact) mass is 351 g/mol. The molecule has 0 aliphatic heterocycles. The van der Waals surface area contributed by atoms with Crippen molar-refractivity contribution in [2.45, 2.75) is 6.18 Å². The number of carbonyl (C=O) groups is 1. The molecule has 25 heavy (non-hydrogen) atoms. The van der Waals surface area contributed by atoms with Crippen LogP contribution in [0.3, 0.4) is 0 Å². The number of para-hydroxylation sites is 1. The summed E-state index contributed by atoms with van der Waals surface area (Å²) in [5, 5.41) is 12.6. The molecule has 1 amide bonds. The first kappa shape index (κ1) is 16.6. The Morgan fingerprint density at radius 1 is 1.12 bits per heavy atom. The standard InChI is InChI=1S/C15H9F4N5O/c16-9-5-6-13(24-8-20-22-23-24)10(7-9)14(25)21-12-4-2-1-3-11(12)15(17,18)19/h1-8H,(H,21,25). The van der Waals surface area contributed by atoms with E-state index in [9.17, 15) is 22.4 Å². The van der Waals surface area contributed by atoms with E-state index in [4.69, 9.17) is 0 Å². The van der Waals surface area contributed by atoms with E-state index in [-0.39, 0.29) is 11.3 Å². The van der Waals surface area contributed by atoms with Gasteiger partial charge in [0.25, 0.3) is 5.91 Å². The maximum absolute atomic E-state index is 13.5. The molecule has 6 nitrogen and oxygen atoms in total. The molecule has 2 aromatic carbocycles. The van der Waals surface area contributed by atoms with Gasteiger partial charge in [0.2, 0.25) is 0 Å². The number of nitrogens with zero attached hydrogens (tertiary/aromatic N) is 4. The van der Waals surface area contributed by atoms with E-state index in [2.05, 4.69) is 20.8 Å². The fourth-order valence-electron chi connectivity index (χ4n) is 2.19. The fourth-order valence-corrected chi connectivity index (χ4v) is 2.19. The van der Waals surface area contributed by atoms with Gasteiger partial charge >= 0.3 is 6.18 Å². The molecule has 0 fully saturated rings. The summed E-state index contributed by atoms with van der Waals surface area (Å²) in [5.41, 5.74) is -1.55. The average molecular weight is 351 g/mol. The van der Waals surface area contributed by atoms with Crippen LogP contribution in [0.15, 0.2) is 48.8 Å². The number of hydrogen-bond acceptors (Lipinski definition) is 4.